The Bertz CT molecular complexity index is 1210. The number of halogens is 2. The van der Waals surface area contributed by atoms with Crippen molar-refractivity contribution in [1.29, 1.82) is 0 Å². The van der Waals surface area contributed by atoms with Gasteiger partial charge in [0.2, 0.25) is 5.95 Å². The maximum atomic E-state index is 14.0. The smallest absolute Gasteiger partial charge is 0.231 e. The minimum absolute atomic E-state index is 0.150. The molecule has 1 saturated carbocycles. The number of rotatable bonds is 3. The summed E-state index contributed by atoms with van der Waals surface area (Å²) >= 11 is 6.34. The van der Waals surface area contributed by atoms with Gasteiger partial charge in [-0.2, -0.15) is 0 Å². The zero-order valence-electron chi connectivity index (χ0n) is 17.5. The van der Waals surface area contributed by atoms with Gasteiger partial charge in [-0.3, -0.25) is 9.47 Å². The molecule has 1 aliphatic carbocycles. The van der Waals surface area contributed by atoms with Gasteiger partial charge in [0.25, 0.3) is 0 Å². The van der Waals surface area contributed by atoms with E-state index in [0.717, 1.165) is 61.8 Å². The second kappa shape index (κ2) is 6.62. The lowest BCUT2D eigenvalue weighted by Crippen LogP contribution is -2.73. The number of hydrogen-bond donors (Lipinski definition) is 0. The average Bonchev–Trinajstić information content (AvgIpc) is 3.51. The van der Waals surface area contributed by atoms with Crippen LogP contribution in [0.1, 0.15) is 24.2 Å². The molecule has 2 aromatic heterocycles. The Hall–Kier alpha value is -2.78. The Morgan fingerprint density at radius 1 is 1.03 bits per heavy atom. The quantitative estimate of drug-likeness (QED) is 0.605. The molecule has 4 aliphatic rings. The second-order valence-corrected chi connectivity index (χ2v) is 10.0. The van der Waals surface area contributed by atoms with E-state index < -0.39 is 0 Å². The molecule has 8 nitrogen and oxygen atoms in total. The average molecular weight is 453 g/mol. The Morgan fingerprint density at radius 2 is 1.84 bits per heavy atom. The lowest BCUT2D eigenvalue weighted by atomic mass is 9.73. The zero-order chi connectivity index (χ0) is 21.4. The van der Waals surface area contributed by atoms with Crippen molar-refractivity contribution in [2.45, 2.75) is 32.0 Å². The normalized spacial score (nSPS) is 21.6. The number of benzene rings is 1. The fourth-order valence-corrected chi connectivity index (χ4v) is 5.67. The van der Waals surface area contributed by atoms with Crippen LogP contribution in [-0.2, 0) is 13.1 Å². The van der Waals surface area contributed by atoms with Crippen LogP contribution in [0.5, 0.6) is 0 Å². The molecule has 0 N–H and O–H groups in total. The van der Waals surface area contributed by atoms with Crippen LogP contribution in [0, 0.1) is 11.2 Å². The molecule has 1 spiro atoms. The Morgan fingerprint density at radius 3 is 2.62 bits per heavy atom. The van der Waals surface area contributed by atoms with Crippen LogP contribution in [0.3, 0.4) is 0 Å². The topological polar surface area (TPSA) is 66.2 Å². The third-order valence-corrected chi connectivity index (χ3v) is 7.35. The third-order valence-electron chi connectivity index (χ3n) is 7.11. The molecule has 1 aromatic carbocycles. The van der Waals surface area contributed by atoms with Gasteiger partial charge in [-0.15, -0.1) is 10.2 Å². The summed E-state index contributed by atoms with van der Waals surface area (Å²) < 4.78 is 16.2. The maximum absolute atomic E-state index is 14.0. The van der Waals surface area contributed by atoms with Gasteiger partial charge in [0.05, 0.1) is 18.4 Å². The van der Waals surface area contributed by atoms with Gasteiger partial charge in [-0.25, -0.2) is 14.4 Å². The van der Waals surface area contributed by atoms with E-state index in [-0.39, 0.29) is 11.2 Å². The van der Waals surface area contributed by atoms with Crippen molar-refractivity contribution in [3.63, 3.8) is 0 Å². The molecule has 0 bridgehead atoms. The van der Waals surface area contributed by atoms with E-state index in [1.807, 2.05) is 11.0 Å². The van der Waals surface area contributed by atoms with Gasteiger partial charge < -0.3 is 9.80 Å². The highest BCUT2D eigenvalue weighted by atomic mass is 35.5. The molecule has 0 amide bonds. The van der Waals surface area contributed by atoms with E-state index in [9.17, 15) is 4.39 Å². The molecule has 10 heteroatoms. The first-order valence-corrected chi connectivity index (χ1v) is 11.4. The second-order valence-electron chi connectivity index (χ2n) is 9.57. The summed E-state index contributed by atoms with van der Waals surface area (Å²) in [5.74, 6) is 1.90. The number of nitrogens with zero attached hydrogens (tertiary/aromatic N) is 8. The third kappa shape index (κ3) is 2.84. The first-order chi connectivity index (χ1) is 15.6. The van der Waals surface area contributed by atoms with Crippen molar-refractivity contribution >= 4 is 23.4 Å². The minimum atomic E-state index is -0.364. The lowest BCUT2D eigenvalue weighted by Gasteiger charge is -2.60. The van der Waals surface area contributed by atoms with Crippen molar-refractivity contribution in [2.24, 2.45) is 5.41 Å². The molecular weight excluding hydrogens is 431 g/mol. The van der Waals surface area contributed by atoms with Crippen molar-refractivity contribution in [1.82, 2.24) is 29.6 Å². The minimum Gasteiger partial charge on any atom is -0.353 e. The molecule has 164 valence electrons. The highest BCUT2D eigenvalue weighted by Gasteiger charge is 2.54. The summed E-state index contributed by atoms with van der Waals surface area (Å²) in [7, 11) is 0. The number of aromatic nitrogens is 5. The number of hydrogen-bond acceptors (Lipinski definition) is 7. The Balaban J connectivity index is 1.15. The summed E-state index contributed by atoms with van der Waals surface area (Å²) in [5.41, 5.74) is 2.48. The molecule has 3 aliphatic heterocycles. The van der Waals surface area contributed by atoms with Crippen LogP contribution in [0.4, 0.5) is 16.2 Å². The highest BCUT2D eigenvalue weighted by Crippen LogP contribution is 2.44. The zero-order valence-corrected chi connectivity index (χ0v) is 18.2. The van der Waals surface area contributed by atoms with Crippen LogP contribution in [-0.4, -0.2) is 61.9 Å². The van der Waals surface area contributed by atoms with E-state index in [4.69, 9.17) is 11.6 Å². The molecule has 0 atom stereocenters. The fraction of sp³-hybridized carbons (Fsp3) is 0.455. The predicted molar refractivity (Wildman–Crippen MR) is 117 cm³/mol. The SMILES string of the molecule is Fc1cncnc1N1CC2(C1)CN(c1nnc3n1-c1ccc(Cl)cc1CN(C1CC1)C3)C2. The largest absolute Gasteiger partial charge is 0.353 e. The van der Waals surface area contributed by atoms with E-state index in [1.165, 1.54) is 30.9 Å². The molecular formula is C22H22ClFN8. The van der Waals surface area contributed by atoms with Crippen LogP contribution in [0.15, 0.2) is 30.7 Å². The van der Waals surface area contributed by atoms with Crippen LogP contribution in [0.25, 0.3) is 5.69 Å². The predicted octanol–water partition coefficient (Wildman–Crippen LogP) is 2.65. The maximum Gasteiger partial charge on any atom is 0.231 e. The lowest BCUT2D eigenvalue weighted by molar-refractivity contribution is 0.152. The van der Waals surface area contributed by atoms with Crippen LogP contribution >= 0.6 is 11.6 Å². The summed E-state index contributed by atoms with van der Waals surface area (Å²) in [6.45, 7) is 5.02. The molecule has 0 unspecified atom stereocenters. The van der Waals surface area contributed by atoms with Gasteiger partial charge in [-0.05, 0) is 36.6 Å². The Kier molecular flexibility index (Phi) is 3.88. The molecule has 32 heavy (non-hydrogen) atoms. The molecule has 7 rings (SSSR count). The molecule has 5 heterocycles. The summed E-state index contributed by atoms with van der Waals surface area (Å²) in [4.78, 5) is 14.6. The van der Waals surface area contributed by atoms with Gasteiger partial charge in [0.1, 0.15) is 6.33 Å². The first-order valence-electron chi connectivity index (χ1n) is 11.0. The molecule has 3 fully saturated rings. The van der Waals surface area contributed by atoms with Gasteiger partial charge in [0.15, 0.2) is 17.5 Å². The van der Waals surface area contributed by atoms with Crippen molar-refractivity contribution < 1.29 is 4.39 Å². The summed E-state index contributed by atoms with van der Waals surface area (Å²) in [6, 6.07) is 6.73. The first kappa shape index (κ1) is 18.8. The molecule has 0 radical (unpaired) electrons. The number of fused-ring (bicyclic) bond motifs is 3. The monoisotopic (exact) mass is 452 g/mol. The highest BCUT2D eigenvalue weighted by molar-refractivity contribution is 6.30. The summed E-state index contributed by atoms with van der Waals surface area (Å²) in [6.07, 6.45) is 5.11. The van der Waals surface area contributed by atoms with Crippen molar-refractivity contribution in [3.05, 3.63) is 53.0 Å². The van der Waals surface area contributed by atoms with Crippen LogP contribution < -0.4 is 9.80 Å². The van der Waals surface area contributed by atoms with Crippen LogP contribution in [0.2, 0.25) is 5.02 Å². The standard InChI is InChI=1S/C22H22ClFN8/c23-15-1-4-18-14(5-15)7-29(16-2-3-16)8-19-27-28-21(32(18)19)31-11-22(12-31)9-30(10-22)20-17(24)6-25-13-26-20/h1,4-6,13,16H,2-3,7-12H2. The van der Waals surface area contributed by atoms with Gasteiger partial charge >= 0.3 is 0 Å². The van der Waals surface area contributed by atoms with Gasteiger partial charge in [-0.1, -0.05) is 11.6 Å². The Labute approximate surface area is 189 Å². The number of anilines is 2. The molecule has 3 aromatic rings. The summed E-state index contributed by atoms with van der Waals surface area (Å²) in [5, 5.41) is 9.94. The van der Waals surface area contributed by atoms with E-state index in [2.05, 4.69) is 46.7 Å². The van der Waals surface area contributed by atoms with Gasteiger partial charge in [0, 0.05) is 49.2 Å². The molecule has 2 saturated heterocycles. The fourth-order valence-electron chi connectivity index (χ4n) is 5.47. The van der Waals surface area contributed by atoms with E-state index in [0.29, 0.717) is 11.9 Å². The van der Waals surface area contributed by atoms with E-state index in [1.54, 1.807) is 0 Å². The van der Waals surface area contributed by atoms with Crippen molar-refractivity contribution in [2.75, 3.05) is 36.0 Å². The van der Waals surface area contributed by atoms with E-state index >= 15 is 0 Å². The van der Waals surface area contributed by atoms with Crippen molar-refractivity contribution in [3.8, 4) is 5.69 Å².